The fourth-order valence-corrected chi connectivity index (χ4v) is 3.88. The Morgan fingerprint density at radius 3 is 2.00 bits per heavy atom. The largest absolute Gasteiger partial charge is 0.369 e. The van der Waals surface area contributed by atoms with Crippen molar-refractivity contribution in [2.75, 3.05) is 0 Å². The standard InChI is InChI=1S/C12H21NO/c1-7(2)10-8-3-5-9(6-4-8)11(10)12(13)14/h7-11H,3-6H2,1-2H3,(H2,13,14). The molecular formula is C12H21NO. The van der Waals surface area contributed by atoms with Crippen LogP contribution in [0.1, 0.15) is 39.5 Å². The molecule has 0 aromatic rings. The molecule has 0 aliphatic heterocycles. The molecule has 2 atom stereocenters. The molecule has 2 unspecified atom stereocenters. The molecule has 0 saturated heterocycles. The Morgan fingerprint density at radius 2 is 1.64 bits per heavy atom. The highest BCUT2D eigenvalue weighted by molar-refractivity contribution is 5.77. The van der Waals surface area contributed by atoms with E-state index in [0.717, 1.165) is 5.92 Å². The summed E-state index contributed by atoms with van der Waals surface area (Å²) >= 11 is 0. The predicted molar refractivity (Wildman–Crippen MR) is 56.5 cm³/mol. The molecule has 3 saturated carbocycles. The van der Waals surface area contributed by atoms with E-state index in [4.69, 9.17) is 5.73 Å². The molecule has 3 aliphatic rings. The molecule has 2 N–H and O–H groups in total. The van der Waals surface area contributed by atoms with Crippen LogP contribution in [0.25, 0.3) is 0 Å². The Hall–Kier alpha value is -0.530. The van der Waals surface area contributed by atoms with Crippen LogP contribution < -0.4 is 5.73 Å². The quantitative estimate of drug-likeness (QED) is 0.721. The lowest BCUT2D eigenvalue weighted by atomic mass is 9.55. The first-order valence-corrected chi connectivity index (χ1v) is 5.90. The van der Waals surface area contributed by atoms with E-state index in [1.165, 1.54) is 25.7 Å². The zero-order valence-corrected chi connectivity index (χ0v) is 9.20. The SMILES string of the molecule is CC(C)C1C2CCC(CC2)C1C(N)=O. The van der Waals surface area contributed by atoms with Gasteiger partial charge in [0.05, 0.1) is 0 Å². The van der Waals surface area contributed by atoms with Crippen molar-refractivity contribution >= 4 is 5.91 Å². The molecule has 0 radical (unpaired) electrons. The third kappa shape index (κ3) is 1.45. The van der Waals surface area contributed by atoms with E-state index in [2.05, 4.69) is 13.8 Å². The first kappa shape index (κ1) is 10.0. The van der Waals surface area contributed by atoms with E-state index >= 15 is 0 Å². The number of rotatable bonds is 2. The number of primary amides is 1. The van der Waals surface area contributed by atoms with Crippen LogP contribution in [-0.4, -0.2) is 5.91 Å². The third-order valence-corrected chi connectivity index (χ3v) is 4.38. The molecule has 3 rings (SSSR count). The second-order valence-electron chi connectivity index (χ2n) is 5.42. The Morgan fingerprint density at radius 1 is 1.14 bits per heavy atom. The van der Waals surface area contributed by atoms with E-state index in [-0.39, 0.29) is 11.8 Å². The van der Waals surface area contributed by atoms with Gasteiger partial charge in [-0.3, -0.25) is 4.79 Å². The first-order valence-electron chi connectivity index (χ1n) is 5.90. The number of hydrogen-bond donors (Lipinski definition) is 1. The van der Waals surface area contributed by atoms with Gasteiger partial charge < -0.3 is 5.73 Å². The molecule has 0 aromatic carbocycles. The summed E-state index contributed by atoms with van der Waals surface area (Å²) in [6.45, 7) is 4.47. The number of amides is 1. The van der Waals surface area contributed by atoms with Crippen molar-refractivity contribution in [1.82, 2.24) is 0 Å². The fraction of sp³-hybridized carbons (Fsp3) is 0.917. The van der Waals surface area contributed by atoms with Crippen molar-refractivity contribution in [3.63, 3.8) is 0 Å². The van der Waals surface area contributed by atoms with Crippen LogP contribution in [0.15, 0.2) is 0 Å². The van der Waals surface area contributed by atoms with Gasteiger partial charge in [-0.25, -0.2) is 0 Å². The van der Waals surface area contributed by atoms with Crippen LogP contribution in [0.3, 0.4) is 0 Å². The summed E-state index contributed by atoms with van der Waals surface area (Å²) in [4.78, 5) is 11.5. The van der Waals surface area contributed by atoms with Crippen LogP contribution in [0, 0.1) is 29.6 Å². The second kappa shape index (κ2) is 3.56. The van der Waals surface area contributed by atoms with E-state index in [9.17, 15) is 4.79 Å². The second-order valence-corrected chi connectivity index (χ2v) is 5.42. The maximum Gasteiger partial charge on any atom is 0.221 e. The maximum atomic E-state index is 11.5. The number of carbonyl (C=O) groups is 1. The minimum Gasteiger partial charge on any atom is -0.369 e. The summed E-state index contributed by atoms with van der Waals surface area (Å²) in [7, 11) is 0. The lowest BCUT2D eigenvalue weighted by Crippen LogP contribution is -2.48. The highest BCUT2D eigenvalue weighted by Crippen LogP contribution is 2.51. The lowest BCUT2D eigenvalue weighted by Gasteiger charge is -2.49. The normalized spacial score (nSPS) is 41.6. The molecule has 80 valence electrons. The zero-order valence-electron chi connectivity index (χ0n) is 9.20. The Bertz CT molecular complexity index is 228. The van der Waals surface area contributed by atoms with E-state index in [1.807, 2.05) is 0 Å². The minimum absolute atomic E-state index is 0.0434. The Balaban J connectivity index is 2.22. The molecule has 14 heavy (non-hydrogen) atoms. The summed E-state index contributed by atoms with van der Waals surface area (Å²) in [6, 6.07) is 0. The van der Waals surface area contributed by atoms with Gasteiger partial charge >= 0.3 is 0 Å². The van der Waals surface area contributed by atoms with E-state index in [0.29, 0.717) is 17.8 Å². The highest BCUT2D eigenvalue weighted by atomic mass is 16.1. The highest BCUT2D eigenvalue weighted by Gasteiger charge is 2.47. The zero-order chi connectivity index (χ0) is 10.3. The van der Waals surface area contributed by atoms with Gasteiger partial charge in [0.15, 0.2) is 0 Å². The molecule has 0 spiro atoms. The van der Waals surface area contributed by atoms with Crippen LogP contribution in [0.2, 0.25) is 0 Å². The molecule has 2 bridgehead atoms. The third-order valence-electron chi connectivity index (χ3n) is 4.38. The fourth-order valence-electron chi connectivity index (χ4n) is 3.88. The average molecular weight is 195 g/mol. The molecule has 3 fully saturated rings. The van der Waals surface area contributed by atoms with Crippen molar-refractivity contribution in [2.45, 2.75) is 39.5 Å². The average Bonchev–Trinajstić information content (AvgIpc) is 2.17. The maximum absolute atomic E-state index is 11.5. The Kier molecular flexibility index (Phi) is 2.54. The molecule has 3 aliphatic carbocycles. The van der Waals surface area contributed by atoms with Crippen molar-refractivity contribution in [3.8, 4) is 0 Å². The van der Waals surface area contributed by atoms with Gasteiger partial charge in [-0.1, -0.05) is 13.8 Å². The van der Waals surface area contributed by atoms with Crippen LogP contribution in [-0.2, 0) is 4.79 Å². The number of hydrogen-bond acceptors (Lipinski definition) is 1. The molecule has 2 nitrogen and oxygen atoms in total. The van der Waals surface area contributed by atoms with Gasteiger partial charge in [0.1, 0.15) is 0 Å². The van der Waals surface area contributed by atoms with Gasteiger partial charge in [-0.05, 0) is 49.4 Å². The van der Waals surface area contributed by atoms with Crippen molar-refractivity contribution in [2.24, 2.45) is 35.3 Å². The number of fused-ring (bicyclic) bond motifs is 3. The van der Waals surface area contributed by atoms with Crippen molar-refractivity contribution < 1.29 is 4.79 Å². The van der Waals surface area contributed by atoms with Gasteiger partial charge in [0.2, 0.25) is 5.91 Å². The number of carbonyl (C=O) groups excluding carboxylic acids is 1. The monoisotopic (exact) mass is 195 g/mol. The molecule has 0 aromatic heterocycles. The topological polar surface area (TPSA) is 43.1 Å². The summed E-state index contributed by atoms with van der Waals surface area (Å²) in [5, 5.41) is 0. The molecular weight excluding hydrogens is 174 g/mol. The van der Waals surface area contributed by atoms with Crippen LogP contribution in [0.5, 0.6) is 0 Å². The summed E-state index contributed by atoms with van der Waals surface area (Å²) in [5.74, 6) is 2.70. The summed E-state index contributed by atoms with van der Waals surface area (Å²) in [5.41, 5.74) is 5.54. The summed E-state index contributed by atoms with van der Waals surface area (Å²) in [6.07, 6.45) is 5.14. The molecule has 0 heterocycles. The van der Waals surface area contributed by atoms with Gasteiger partial charge in [0, 0.05) is 5.92 Å². The Labute approximate surface area is 86.2 Å². The van der Waals surface area contributed by atoms with Crippen LogP contribution >= 0.6 is 0 Å². The lowest BCUT2D eigenvalue weighted by molar-refractivity contribution is -0.133. The minimum atomic E-state index is -0.0434. The van der Waals surface area contributed by atoms with Gasteiger partial charge in [-0.15, -0.1) is 0 Å². The van der Waals surface area contributed by atoms with E-state index in [1.54, 1.807) is 0 Å². The van der Waals surface area contributed by atoms with Crippen LogP contribution in [0.4, 0.5) is 0 Å². The van der Waals surface area contributed by atoms with Gasteiger partial charge in [0.25, 0.3) is 0 Å². The number of nitrogens with two attached hydrogens (primary N) is 1. The van der Waals surface area contributed by atoms with E-state index < -0.39 is 0 Å². The molecule has 2 heteroatoms. The molecule has 1 amide bonds. The van der Waals surface area contributed by atoms with Crippen molar-refractivity contribution in [3.05, 3.63) is 0 Å². The predicted octanol–water partition coefficient (Wildman–Crippen LogP) is 2.18. The smallest absolute Gasteiger partial charge is 0.221 e. The van der Waals surface area contributed by atoms with Gasteiger partial charge in [-0.2, -0.15) is 0 Å². The first-order chi connectivity index (χ1) is 6.61. The van der Waals surface area contributed by atoms with Crippen molar-refractivity contribution in [1.29, 1.82) is 0 Å². The summed E-state index contributed by atoms with van der Waals surface area (Å²) < 4.78 is 0.